The third-order valence-corrected chi connectivity index (χ3v) is 3.90. The van der Waals surface area contributed by atoms with Crippen LogP contribution in [0.15, 0.2) is 22.7 Å². The van der Waals surface area contributed by atoms with Crippen molar-refractivity contribution in [1.82, 2.24) is 5.32 Å². The number of benzene rings is 1. The van der Waals surface area contributed by atoms with Gasteiger partial charge in [0, 0.05) is 35.8 Å². The summed E-state index contributed by atoms with van der Waals surface area (Å²) >= 11 is 3.68. The van der Waals surface area contributed by atoms with Crippen LogP contribution >= 0.6 is 15.9 Å². The van der Waals surface area contributed by atoms with Crippen LogP contribution in [-0.2, 0) is 11.3 Å². The molecule has 0 spiro atoms. The highest BCUT2D eigenvalue weighted by molar-refractivity contribution is 9.10. The summed E-state index contributed by atoms with van der Waals surface area (Å²) in [5, 5.41) is 3.51. The third-order valence-electron chi connectivity index (χ3n) is 3.16. The van der Waals surface area contributed by atoms with E-state index in [1.54, 1.807) is 0 Å². The molecule has 1 rings (SSSR count). The number of hydrogen-bond donors (Lipinski definition) is 1. The van der Waals surface area contributed by atoms with Gasteiger partial charge in [0.25, 0.3) is 0 Å². The van der Waals surface area contributed by atoms with E-state index in [0.717, 1.165) is 24.2 Å². The minimum atomic E-state index is 0.128. The molecule has 0 saturated heterocycles. The van der Waals surface area contributed by atoms with E-state index in [1.165, 1.54) is 11.3 Å². The van der Waals surface area contributed by atoms with Gasteiger partial charge in [-0.3, -0.25) is 0 Å². The fourth-order valence-corrected chi connectivity index (χ4v) is 2.34. The number of nitrogens with one attached hydrogen (secondary N) is 1. The number of nitrogens with zero attached hydrogens (tertiary/aromatic N) is 1. The van der Waals surface area contributed by atoms with Crippen molar-refractivity contribution in [1.29, 1.82) is 0 Å². The number of hydrogen-bond acceptors (Lipinski definition) is 3. The predicted octanol–water partition coefficient (Wildman–Crippen LogP) is 4.20. The van der Waals surface area contributed by atoms with E-state index in [9.17, 15) is 0 Å². The molecule has 0 unspecified atom stereocenters. The first kappa shape index (κ1) is 18.5. The van der Waals surface area contributed by atoms with Crippen LogP contribution in [0.1, 0.15) is 40.2 Å². The molecule has 120 valence electrons. The summed E-state index contributed by atoms with van der Waals surface area (Å²) in [7, 11) is 2.10. The molecule has 4 heteroatoms. The smallest absolute Gasteiger partial charge is 0.0644 e. The highest BCUT2D eigenvalue weighted by atomic mass is 79.9. The molecule has 0 bridgehead atoms. The Kier molecular flexibility index (Phi) is 7.17. The normalized spacial score (nSPS) is 12.0. The van der Waals surface area contributed by atoms with Crippen LogP contribution in [0.5, 0.6) is 0 Å². The second kappa shape index (κ2) is 8.16. The molecule has 0 saturated carbocycles. The van der Waals surface area contributed by atoms with Crippen LogP contribution in [0.25, 0.3) is 0 Å². The standard InChI is InChI=1S/C17H29BrN2O/c1-13(2)21-10-9-20(6)15-8-7-14(16(18)11-15)12-19-17(3,4)5/h7-8,11,13,19H,9-10,12H2,1-6H3. The van der Waals surface area contributed by atoms with Gasteiger partial charge >= 0.3 is 0 Å². The first-order valence-corrected chi connectivity index (χ1v) is 8.34. The number of halogens is 1. The van der Waals surface area contributed by atoms with Crippen molar-refractivity contribution in [3.05, 3.63) is 28.2 Å². The molecule has 3 nitrogen and oxygen atoms in total. The highest BCUT2D eigenvalue weighted by Gasteiger charge is 2.11. The average molecular weight is 357 g/mol. The van der Waals surface area contributed by atoms with Gasteiger partial charge in [0.2, 0.25) is 0 Å². The maximum Gasteiger partial charge on any atom is 0.0644 e. The lowest BCUT2D eigenvalue weighted by atomic mass is 10.1. The highest BCUT2D eigenvalue weighted by Crippen LogP contribution is 2.24. The molecule has 0 aliphatic heterocycles. The minimum absolute atomic E-state index is 0.128. The van der Waals surface area contributed by atoms with Crippen molar-refractivity contribution in [2.24, 2.45) is 0 Å². The summed E-state index contributed by atoms with van der Waals surface area (Å²) in [4.78, 5) is 2.22. The van der Waals surface area contributed by atoms with Gasteiger partial charge in [-0.25, -0.2) is 0 Å². The Hall–Kier alpha value is -0.580. The lowest BCUT2D eigenvalue weighted by Gasteiger charge is -2.23. The molecule has 0 aliphatic carbocycles. The van der Waals surface area contributed by atoms with Crippen LogP contribution < -0.4 is 10.2 Å². The van der Waals surface area contributed by atoms with Gasteiger partial charge in [0.05, 0.1) is 12.7 Å². The van der Waals surface area contributed by atoms with Crippen LogP contribution in [0.3, 0.4) is 0 Å². The molecule has 21 heavy (non-hydrogen) atoms. The second-order valence-corrected chi connectivity index (χ2v) is 7.57. The van der Waals surface area contributed by atoms with Crippen molar-refractivity contribution in [3.8, 4) is 0 Å². The number of anilines is 1. The topological polar surface area (TPSA) is 24.5 Å². The molecular formula is C17H29BrN2O. The average Bonchev–Trinajstić information content (AvgIpc) is 2.35. The zero-order valence-corrected chi connectivity index (χ0v) is 15.8. The molecule has 0 aromatic heterocycles. The number of ether oxygens (including phenoxy) is 1. The van der Waals surface area contributed by atoms with Crippen molar-refractivity contribution in [2.75, 3.05) is 25.1 Å². The van der Waals surface area contributed by atoms with Gasteiger partial charge in [0.15, 0.2) is 0 Å². The summed E-state index contributed by atoms with van der Waals surface area (Å²) in [6.45, 7) is 13.2. The van der Waals surface area contributed by atoms with Crippen molar-refractivity contribution < 1.29 is 4.74 Å². The van der Waals surface area contributed by atoms with E-state index in [1.807, 2.05) is 0 Å². The molecule has 0 amide bonds. The molecule has 0 fully saturated rings. The van der Waals surface area contributed by atoms with Crippen molar-refractivity contribution in [3.63, 3.8) is 0 Å². The maximum absolute atomic E-state index is 5.60. The molecule has 1 aromatic carbocycles. The Balaban J connectivity index is 2.60. The summed E-state index contributed by atoms with van der Waals surface area (Å²) < 4.78 is 6.75. The van der Waals surface area contributed by atoms with E-state index in [2.05, 4.69) is 86.0 Å². The van der Waals surface area contributed by atoms with Gasteiger partial charge in [0.1, 0.15) is 0 Å². The van der Waals surface area contributed by atoms with Crippen molar-refractivity contribution >= 4 is 21.6 Å². The Morgan fingerprint density at radius 2 is 1.95 bits per heavy atom. The molecule has 0 atom stereocenters. The fraction of sp³-hybridized carbons (Fsp3) is 0.647. The lowest BCUT2D eigenvalue weighted by molar-refractivity contribution is 0.0846. The van der Waals surface area contributed by atoms with E-state index in [0.29, 0.717) is 0 Å². The largest absolute Gasteiger partial charge is 0.377 e. The van der Waals surface area contributed by atoms with Gasteiger partial charge < -0.3 is 15.0 Å². The van der Waals surface area contributed by atoms with Gasteiger partial charge in [-0.15, -0.1) is 0 Å². The Morgan fingerprint density at radius 1 is 1.29 bits per heavy atom. The maximum atomic E-state index is 5.60. The summed E-state index contributed by atoms with van der Waals surface area (Å²) in [6, 6.07) is 6.52. The lowest BCUT2D eigenvalue weighted by Crippen LogP contribution is -2.35. The molecule has 1 aromatic rings. The Morgan fingerprint density at radius 3 is 2.48 bits per heavy atom. The van der Waals surface area contributed by atoms with E-state index < -0.39 is 0 Å². The van der Waals surface area contributed by atoms with Gasteiger partial charge in [-0.1, -0.05) is 22.0 Å². The zero-order valence-electron chi connectivity index (χ0n) is 14.2. The van der Waals surface area contributed by atoms with Gasteiger partial charge in [-0.05, 0) is 52.3 Å². The second-order valence-electron chi connectivity index (χ2n) is 6.72. The quantitative estimate of drug-likeness (QED) is 0.792. The molecular weight excluding hydrogens is 328 g/mol. The molecule has 0 heterocycles. The van der Waals surface area contributed by atoms with Crippen LogP contribution in [0.2, 0.25) is 0 Å². The monoisotopic (exact) mass is 356 g/mol. The first-order valence-electron chi connectivity index (χ1n) is 7.55. The third kappa shape index (κ3) is 7.30. The summed E-state index contributed by atoms with van der Waals surface area (Å²) in [6.07, 6.45) is 0.288. The van der Waals surface area contributed by atoms with E-state index in [-0.39, 0.29) is 11.6 Å². The number of rotatable bonds is 7. The predicted molar refractivity (Wildman–Crippen MR) is 95.1 cm³/mol. The van der Waals surface area contributed by atoms with Gasteiger partial charge in [-0.2, -0.15) is 0 Å². The summed E-state index contributed by atoms with van der Waals surface area (Å²) in [5.41, 5.74) is 2.61. The Labute approximate surface area is 138 Å². The Bertz CT molecular complexity index is 441. The molecule has 0 aliphatic rings. The van der Waals surface area contributed by atoms with E-state index in [4.69, 9.17) is 4.74 Å². The first-order chi connectivity index (χ1) is 9.69. The van der Waals surface area contributed by atoms with Crippen molar-refractivity contribution in [2.45, 2.75) is 52.8 Å². The van der Waals surface area contributed by atoms with E-state index >= 15 is 0 Å². The minimum Gasteiger partial charge on any atom is -0.377 e. The van der Waals surface area contributed by atoms with Crippen LogP contribution in [0, 0.1) is 0 Å². The van der Waals surface area contributed by atoms with Crippen LogP contribution in [-0.4, -0.2) is 31.8 Å². The van der Waals surface area contributed by atoms with Crippen LogP contribution in [0.4, 0.5) is 5.69 Å². The molecule has 1 N–H and O–H groups in total. The fourth-order valence-electron chi connectivity index (χ4n) is 1.83. The zero-order chi connectivity index (χ0) is 16.0. The summed E-state index contributed by atoms with van der Waals surface area (Å²) in [5.74, 6) is 0. The SMILES string of the molecule is CC(C)OCCN(C)c1ccc(CNC(C)(C)C)c(Br)c1. The molecule has 0 radical (unpaired) electrons. The number of likely N-dealkylation sites (N-methyl/N-ethyl adjacent to an activating group) is 1.